The maximum absolute atomic E-state index is 14.5. The van der Waals surface area contributed by atoms with E-state index >= 15 is 0 Å². The van der Waals surface area contributed by atoms with Crippen molar-refractivity contribution in [3.63, 3.8) is 0 Å². The molecule has 0 aromatic heterocycles. The smallest absolute Gasteiger partial charge is 0.258 e. The zero-order chi connectivity index (χ0) is 36.0. The van der Waals surface area contributed by atoms with Gasteiger partial charge in [-0.2, -0.15) is 0 Å². The highest BCUT2D eigenvalue weighted by molar-refractivity contribution is 6.58. The second-order valence-electron chi connectivity index (χ2n) is 13.2. The van der Waals surface area contributed by atoms with E-state index in [4.69, 9.17) is 34.8 Å². The second kappa shape index (κ2) is 11.9. The number of carbonyl (C=O) groups excluding carboxylic acids is 5. The van der Waals surface area contributed by atoms with E-state index in [1.165, 1.54) is 42.5 Å². The van der Waals surface area contributed by atoms with E-state index in [1.807, 2.05) is 0 Å². The molecule has 0 spiro atoms. The molecule has 3 fully saturated rings. The first-order valence-corrected chi connectivity index (χ1v) is 17.3. The summed E-state index contributed by atoms with van der Waals surface area (Å²) in [5.74, 6) is -7.77. The molecule has 4 amide bonds. The van der Waals surface area contributed by atoms with Gasteiger partial charge in [-0.3, -0.25) is 28.9 Å². The average molecular weight is 744 g/mol. The third-order valence-corrected chi connectivity index (χ3v) is 12.3. The van der Waals surface area contributed by atoms with Gasteiger partial charge in [-0.25, -0.2) is 9.29 Å². The number of phenols is 1. The van der Waals surface area contributed by atoms with Crippen molar-refractivity contribution < 1.29 is 33.5 Å². The Hall–Kier alpha value is -4.83. The maximum Gasteiger partial charge on any atom is 0.258 e. The fourth-order valence-corrected chi connectivity index (χ4v) is 9.38. The summed E-state index contributed by atoms with van der Waals surface area (Å²) < 4.78 is 13.9. The number of aromatic hydroxyl groups is 1. The van der Waals surface area contributed by atoms with E-state index in [9.17, 15) is 33.5 Å². The van der Waals surface area contributed by atoms with Gasteiger partial charge in [-0.05, 0) is 85.5 Å². The number of alkyl halides is 2. The summed E-state index contributed by atoms with van der Waals surface area (Å²) in [6, 6.07) is 23.8. The summed E-state index contributed by atoms with van der Waals surface area (Å²) in [4.78, 5) is 67.8. The maximum atomic E-state index is 14.5. The highest BCUT2D eigenvalue weighted by atomic mass is 35.5. The van der Waals surface area contributed by atoms with Crippen molar-refractivity contribution >= 4 is 75.6 Å². The van der Waals surface area contributed by atoms with Crippen LogP contribution in [0.4, 0.5) is 15.8 Å². The second-order valence-corrected chi connectivity index (χ2v) is 14.9. The molecular formula is C39H26Cl3FN2O6. The molecule has 2 heterocycles. The highest BCUT2D eigenvalue weighted by Gasteiger charge is 2.77. The number of anilines is 2. The van der Waals surface area contributed by atoms with Crippen LogP contribution in [0.5, 0.6) is 5.75 Å². The zero-order valence-electron chi connectivity index (χ0n) is 26.4. The van der Waals surface area contributed by atoms with Crippen LogP contribution < -0.4 is 9.80 Å². The largest absolute Gasteiger partial charge is 0.508 e. The van der Waals surface area contributed by atoms with Crippen LogP contribution in [0, 0.1) is 23.6 Å². The summed E-state index contributed by atoms with van der Waals surface area (Å²) in [5.41, 5.74) is 1.76. The number of amides is 4. The van der Waals surface area contributed by atoms with E-state index in [0.29, 0.717) is 16.7 Å². The number of fused-ring (bicyclic) bond motifs is 4. The minimum atomic E-state index is -2.22. The molecule has 1 N–H and O–H groups in total. The van der Waals surface area contributed by atoms with E-state index < -0.39 is 62.9 Å². The van der Waals surface area contributed by atoms with Gasteiger partial charge in [0.2, 0.25) is 11.8 Å². The number of carbonyl (C=O) groups is 5. The first-order valence-electron chi connectivity index (χ1n) is 16.1. The predicted molar refractivity (Wildman–Crippen MR) is 189 cm³/mol. The van der Waals surface area contributed by atoms with Gasteiger partial charge in [0.15, 0.2) is 15.5 Å². The molecule has 8 nitrogen and oxygen atoms in total. The minimum absolute atomic E-state index is 0.0391. The molecule has 4 aromatic rings. The molecule has 8 rings (SSSR count). The van der Waals surface area contributed by atoms with Crippen molar-refractivity contribution in [2.75, 3.05) is 9.80 Å². The number of hydrogen-bond acceptors (Lipinski definition) is 6. The van der Waals surface area contributed by atoms with Gasteiger partial charge >= 0.3 is 0 Å². The van der Waals surface area contributed by atoms with Crippen LogP contribution in [0.15, 0.2) is 109 Å². The lowest BCUT2D eigenvalue weighted by Crippen LogP contribution is -2.60. The topological polar surface area (TPSA) is 112 Å². The summed E-state index contributed by atoms with van der Waals surface area (Å²) in [6.45, 7) is 0. The molecule has 6 atom stereocenters. The molecule has 4 aromatic carbocycles. The standard InChI is InChI=1S/C39H26Cl3FN2O6/c40-22-8-17-30(46)28(18-22)32-26-15-16-27-31(29(26)19-38(41)36(50)45(37(51)39(32,38)42)25-13-9-23(43)10-14-25)35(49)44(34(27)48)24-11-6-21(7-12-24)33(47)20-4-2-1-3-5-20/h1-15,17-18,27,29,31-32,46H,16,19H2/t27-,29+,31-,32+,38+,39-/m0/s1. The van der Waals surface area contributed by atoms with Gasteiger partial charge in [0.25, 0.3) is 11.8 Å². The van der Waals surface area contributed by atoms with E-state index in [2.05, 4.69) is 0 Å². The number of benzene rings is 4. The lowest BCUT2D eigenvalue weighted by molar-refractivity contribution is -0.125. The number of halogens is 4. The SMILES string of the molecule is O=C(c1ccccc1)c1ccc(N2C(=O)[C@H]3[C@H](CC=C4[C@H]3C[C@@]3(Cl)C(=O)N(c5ccc(F)cc5)C(=O)[C@@]3(Cl)[C@H]4c3cc(Cl)ccc3O)C2=O)cc1. The average Bonchev–Trinajstić information content (AvgIpc) is 3.47. The van der Waals surface area contributed by atoms with Crippen molar-refractivity contribution in [1.82, 2.24) is 0 Å². The molecule has 0 radical (unpaired) electrons. The summed E-state index contributed by atoms with van der Waals surface area (Å²) in [7, 11) is 0. The number of nitrogens with zero attached hydrogens (tertiary/aromatic N) is 2. The lowest BCUT2D eigenvalue weighted by atomic mass is 9.56. The molecular weight excluding hydrogens is 718 g/mol. The number of ketones is 1. The fourth-order valence-electron chi connectivity index (χ4n) is 8.27. The first-order chi connectivity index (χ1) is 24.4. The predicted octanol–water partition coefficient (Wildman–Crippen LogP) is 7.18. The van der Waals surface area contributed by atoms with Crippen LogP contribution in [0.1, 0.15) is 40.2 Å². The Morgan fingerprint density at radius 3 is 2.08 bits per heavy atom. The Balaban J connectivity index is 1.21. The molecule has 0 bridgehead atoms. The number of allylic oxidation sites excluding steroid dienone is 2. The van der Waals surface area contributed by atoms with Gasteiger partial charge in [-0.1, -0.05) is 53.6 Å². The highest BCUT2D eigenvalue weighted by Crippen LogP contribution is 2.66. The first kappa shape index (κ1) is 33.3. The van der Waals surface area contributed by atoms with Crippen LogP contribution in [-0.2, 0) is 19.2 Å². The van der Waals surface area contributed by atoms with Gasteiger partial charge in [0.05, 0.1) is 23.2 Å². The van der Waals surface area contributed by atoms with Gasteiger partial charge in [0, 0.05) is 27.6 Å². The molecule has 2 saturated heterocycles. The van der Waals surface area contributed by atoms with Crippen LogP contribution in [0.25, 0.3) is 0 Å². The Morgan fingerprint density at radius 1 is 0.765 bits per heavy atom. The van der Waals surface area contributed by atoms with Crippen LogP contribution in [0.3, 0.4) is 0 Å². The van der Waals surface area contributed by atoms with Crippen molar-refractivity contribution in [1.29, 1.82) is 0 Å². The number of phenolic OH excluding ortho intramolecular Hbond substituents is 1. The Labute approximate surface area is 306 Å². The summed E-state index contributed by atoms with van der Waals surface area (Å²) in [5, 5.41) is 11.4. The molecule has 51 heavy (non-hydrogen) atoms. The molecule has 2 aliphatic heterocycles. The van der Waals surface area contributed by atoms with E-state index in [1.54, 1.807) is 48.5 Å². The van der Waals surface area contributed by atoms with E-state index in [0.717, 1.165) is 21.9 Å². The normalized spacial score (nSPS) is 28.4. The number of rotatable bonds is 5. The molecule has 4 aliphatic rings. The molecule has 256 valence electrons. The Kier molecular flexibility index (Phi) is 7.75. The van der Waals surface area contributed by atoms with Crippen LogP contribution in [0.2, 0.25) is 5.02 Å². The molecule has 12 heteroatoms. The zero-order valence-corrected chi connectivity index (χ0v) is 28.7. The summed E-state index contributed by atoms with van der Waals surface area (Å²) >= 11 is 21.1. The van der Waals surface area contributed by atoms with Crippen molar-refractivity contribution in [2.45, 2.75) is 28.5 Å². The van der Waals surface area contributed by atoms with Gasteiger partial charge in [-0.15, -0.1) is 23.2 Å². The fraction of sp³-hybridized carbons (Fsp3) is 0.205. The van der Waals surface area contributed by atoms with E-state index in [-0.39, 0.29) is 46.3 Å². The van der Waals surface area contributed by atoms with Crippen molar-refractivity contribution in [3.05, 3.63) is 136 Å². The number of hydrogen-bond donors (Lipinski definition) is 1. The number of imide groups is 2. The third-order valence-electron chi connectivity index (χ3n) is 10.6. The minimum Gasteiger partial charge on any atom is -0.508 e. The molecule has 0 unspecified atom stereocenters. The Bertz CT molecular complexity index is 2210. The van der Waals surface area contributed by atoms with Gasteiger partial charge < -0.3 is 5.11 Å². The molecule has 1 saturated carbocycles. The third kappa shape index (κ3) is 4.75. The van der Waals surface area contributed by atoms with Crippen LogP contribution >= 0.6 is 34.8 Å². The van der Waals surface area contributed by atoms with Gasteiger partial charge in [0.1, 0.15) is 11.6 Å². The monoisotopic (exact) mass is 742 g/mol. The van der Waals surface area contributed by atoms with Crippen molar-refractivity contribution in [3.8, 4) is 5.75 Å². The summed E-state index contributed by atoms with van der Waals surface area (Å²) in [6.07, 6.45) is 1.56. The Morgan fingerprint density at radius 2 is 1.39 bits per heavy atom. The van der Waals surface area contributed by atoms with Crippen molar-refractivity contribution in [2.24, 2.45) is 17.8 Å². The lowest BCUT2D eigenvalue weighted by Gasteiger charge is -2.50. The quantitative estimate of drug-likeness (QED) is 0.100. The van der Waals surface area contributed by atoms with Crippen LogP contribution in [-0.4, -0.2) is 44.3 Å². The molecule has 2 aliphatic carbocycles.